The van der Waals surface area contributed by atoms with Gasteiger partial charge in [0.1, 0.15) is 23.0 Å². The van der Waals surface area contributed by atoms with Crippen molar-refractivity contribution in [2.45, 2.75) is 19.8 Å². The average molecular weight is 468 g/mol. The minimum absolute atomic E-state index is 0. The van der Waals surface area contributed by atoms with Gasteiger partial charge in [-0.3, -0.25) is 9.78 Å². The molecule has 0 radical (unpaired) electrons. The van der Waals surface area contributed by atoms with E-state index in [0.717, 1.165) is 11.2 Å². The summed E-state index contributed by atoms with van der Waals surface area (Å²) in [5.41, 5.74) is 3.19. The normalized spacial score (nSPS) is 11.1. The number of imidazole rings is 1. The molecule has 0 spiro atoms. The van der Waals surface area contributed by atoms with Gasteiger partial charge in [0.25, 0.3) is 5.91 Å². The van der Waals surface area contributed by atoms with Crippen LogP contribution in [0.1, 0.15) is 38.7 Å². The van der Waals surface area contributed by atoms with E-state index in [0.29, 0.717) is 28.5 Å². The van der Waals surface area contributed by atoms with Crippen LogP contribution in [0.25, 0.3) is 11.0 Å². The highest BCUT2D eigenvalue weighted by molar-refractivity contribution is 5.92. The number of halogens is 1. The van der Waals surface area contributed by atoms with Crippen LogP contribution in [0.5, 0.6) is 11.5 Å². The maximum Gasteiger partial charge on any atom is 0.270 e. The van der Waals surface area contributed by atoms with Crippen LogP contribution in [0.2, 0.25) is 0 Å². The van der Waals surface area contributed by atoms with E-state index in [2.05, 4.69) is 20.6 Å². The molecule has 0 fully saturated rings. The third-order valence-electron chi connectivity index (χ3n) is 5.32. The molecule has 2 aromatic heterocycles. The van der Waals surface area contributed by atoms with Crippen LogP contribution in [0, 0.1) is 5.82 Å². The van der Waals surface area contributed by atoms with Gasteiger partial charge in [0.15, 0.2) is 0 Å². The molecule has 8 nitrogen and oxygen atoms in total. The number of benzene rings is 2. The van der Waals surface area contributed by atoms with Gasteiger partial charge in [-0.05, 0) is 47.9 Å². The van der Waals surface area contributed by atoms with Crippen LogP contribution in [0.15, 0.2) is 54.7 Å². The summed E-state index contributed by atoms with van der Waals surface area (Å²) in [6.45, 7) is 3.90. The van der Waals surface area contributed by atoms with Crippen LogP contribution >= 0.6 is 0 Å². The van der Waals surface area contributed by atoms with Crippen LogP contribution in [0.3, 0.4) is 0 Å². The van der Waals surface area contributed by atoms with Gasteiger partial charge in [-0.2, -0.15) is 0 Å². The number of aromatic nitrogens is 3. The first kappa shape index (κ1) is 23.2. The molecule has 180 valence electrons. The molecule has 0 atom stereocenters. The molecule has 0 saturated carbocycles. The predicted molar refractivity (Wildman–Crippen MR) is 132 cm³/mol. The maximum atomic E-state index is 14.1. The molecule has 1 amide bonds. The van der Waals surface area contributed by atoms with Crippen molar-refractivity contribution in [1.29, 1.82) is 0 Å². The number of fused-ring (bicyclic) bond motifs is 1. The van der Waals surface area contributed by atoms with Gasteiger partial charge in [-0.25, -0.2) is 9.37 Å². The van der Waals surface area contributed by atoms with Crippen molar-refractivity contribution in [3.63, 3.8) is 0 Å². The summed E-state index contributed by atoms with van der Waals surface area (Å²) in [4.78, 5) is 20.8. The number of aryl methyl sites for hydroxylation is 1. The minimum atomic E-state index is -0.392. The SMILES string of the molecule is CC(C)c1cc(Nc2nc3cc(Oc4ccnc(C(=O)NCCO)c4)ccc3n2C)ccc1F.[HH].[HH]. The fraction of sp³-hybridized carbons (Fsp3) is 0.240. The molecule has 0 unspecified atom stereocenters. The highest BCUT2D eigenvalue weighted by Crippen LogP contribution is 2.29. The Labute approximate surface area is 199 Å². The topological polar surface area (TPSA) is 101 Å². The third kappa shape index (κ3) is 4.99. The molecular weight excluding hydrogens is 437 g/mol. The first-order chi connectivity index (χ1) is 16.4. The lowest BCUT2D eigenvalue weighted by Gasteiger charge is -2.11. The summed E-state index contributed by atoms with van der Waals surface area (Å²) in [5, 5.41) is 14.7. The fourth-order valence-electron chi connectivity index (χ4n) is 3.54. The lowest BCUT2D eigenvalue weighted by molar-refractivity contribution is 0.0939. The number of carbonyl (C=O) groups is 1. The molecule has 4 rings (SSSR count). The third-order valence-corrected chi connectivity index (χ3v) is 5.32. The largest absolute Gasteiger partial charge is 0.457 e. The van der Waals surface area contributed by atoms with Crippen molar-refractivity contribution in [3.05, 3.63) is 71.8 Å². The zero-order valence-corrected chi connectivity index (χ0v) is 19.2. The van der Waals surface area contributed by atoms with Crippen molar-refractivity contribution >= 4 is 28.6 Å². The first-order valence-electron chi connectivity index (χ1n) is 10.9. The molecule has 9 heteroatoms. The van der Waals surface area contributed by atoms with Crippen molar-refractivity contribution in [2.24, 2.45) is 7.05 Å². The second-order valence-corrected chi connectivity index (χ2v) is 8.12. The molecule has 34 heavy (non-hydrogen) atoms. The fourth-order valence-corrected chi connectivity index (χ4v) is 3.54. The van der Waals surface area contributed by atoms with Gasteiger partial charge in [0.05, 0.1) is 17.6 Å². The Hall–Kier alpha value is -3.98. The second kappa shape index (κ2) is 9.88. The van der Waals surface area contributed by atoms with E-state index < -0.39 is 5.91 Å². The molecule has 0 saturated heterocycles. The summed E-state index contributed by atoms with van der Waals surface area (Å²) >= 11 is 0. The zero-order chi connectivity index (χ0) is 24.2. The van der Waals surface area contributed by atoms with E-state index in [1.165, 1.54) is 18.3 Å². The monoisotopic (exact) mass is 467 g/mol. The second-order valence-electron chi connectivity index (χ2n) is 8.12. The van der Waals surface area contributed by atoms with E-state index >= 15 is 0 Å². The van der Waals surface area contributed by atoms with Crippen molar-refractivity contribution in [3.8, 4) is 11.5 Å². The number of anilines is 2. The number of ether oxygens (including phenoxy) is 1. The number of nitrogens with zero attached hydrogens (tertiary/aromatic N) is 3. The van der Waals surface area contributed by atoms with E-state index in [1.807, 2.05) is 37.6 Å². The molecule has 0 aliphatic heterocycles. The average Bonchev–Trinajstić information content (AvgIpc) is 3.13. The summed E-state index contributed by atoms with van der Waals surface area (Å²) in [6, 6.07) is 13.6. The van der Waals surface area contributed by atoms with Crippen LogP contribution in [-0.4, -0.2) is 38.7 Å². The van der Waals surface area contributed by atoms with Gasteiger partial charge in [0, 0.05) is 40.5 Å². The summed E-state index contributed by atoms with van der Waals surface area (Å²) < 4.78 is 21.9. The zero-order valence-electron chi connectivity index (χ0n) is 19.2. The van der Waals surface area contributed by atoms with Gasteiger partial charge >= 0.3 is 0 Å². The summed E-state index contributed by atoms with van der Waals surface area (Å²) in [7, 11) is 1.89. The molecule has 2 heterocycles. The van der Waals surface area contributed by atoms with E-state index in [1.54, 1.807) is 24.3 Å². The Morgan fingerprint density at radius 2 is 1.97 bits per heavy atom. The predicted octanol–water partition coefficient (Wildman–Crippen LogP) is 4.98. The number of hydrogen-bond acceptors (Lipinski definition) is 6. The van der Waals surface area contributed by atoms with Gasteiger partial charge < -0.3 is 25.0 Å². The Kier molecular flexibility index (Phi) is 6.74. The number of hydrogen-bond donors (Lipinski definition) is 3. The number of carbonyl (C=O) groups excluding carboxylic acids is 1. The summed E-state index contributed by atoms with van der Waals surface area (Å²) in [5.74, 6) is 1.06. The Morgan fingerprint density at radius 3 is 2.74 bits per heavy atom. The molecular formula is C25H30FN5O3. The molecule has 3 N–H and O–H groups in total. The number of nitrogens with one attached hydrogen (secondary N) is 2. The van der Waals surface area contributed by atoms with Crippen molar-refractivity contribution in [1.82, 2.24) is 19.9 Å². The quantitative estimate of drug-likeness (QED) is 0.338. The molecule has 2 aromatic carbocycles. The van der Waals surface area contributed by atoms with E-state index in [-0.39, 0.29) is 33.4 Å². The van der Waals surface area contributed by atoms with E-state index in [4.69, 9.17) is 9.84 Å². The number of aliphatic hydroxyl groups excluding tert-OH is 1. The molecule has 4 aromatic rings. The summed E-state index contributed by atoms with van der Waals surface area (Å²) in [6.07, 6.45) is 1.48. The van der Waals surface area contributed by atoms with Gasteiger partial charge in [-0.1, -0.05) is 13.8 Å². The molecule has 0 bridgehead atoms. The van der Waals surface area contributed by atoms with Crippen LogP contribution in [0.4, 0.5) is 16.0 Å². The standard InChI is InChI=1S/C25H26FN5O3.2H2/c1-15(2)19-12-16(4-6-20(19)26)29-25-30-21-13-17(5-7-23(21)31(25)3)34-18-8-9-27-22(14-18)24(33)28-10-11-32;;/h4-9,12-15,32H,10-11H2,1-3H3,(H,28,33)(H,29,30);2*1H. The highest BCUT2D eigenvalue weighted by Gasteiger charge is 2.13. The van der Waals surface area contributed by atoms with E-state index in [9.17, 15) is 9.18 Å². The van der Waals surface area contributed by atoms with Gasteiger partial charge in [0.2, 0.25) is 5.95 Å². The van der Waals surface area contributed by atoms with Crippen LogP contribution < -0.4 is 15.4 Å². The Balaban J connectivity index is 0.00000228. The lowest BCUT2D eigenvalue weighted by atomic mass is 10.0. The maximum absolute atomic E-state index is 14.1. The lowest BCUT2D eigenvalue weighted by Crippen LogP contribution is -2.27. The number of rotatable bonds is 8. The van der Waals surface area contributed by atoms with Gasteiger partial charge in [-0.15, -0.1) is 0 Å². The number of pyridine rings is 1. The number of amides is 1. The Morgan fingerprint density at radius 1 is 1.18 bits per heavy atom. The van der Waals surface area contributed by atoms with Crippen molar-refractivity contribution < 1.29 is 21.9 Å². The Bertz CT molecular complexity index is 1350. The molecule has 0 aliphatic rings. The number of aliphatic hydroxyl groups is 1. The first-order valence-corrected chi connectivity index (χ1v) is 10.9. The van der Waals surface area contributed by atoms with Crippen LogP contribution in [-0.2, 0) is 7.05 Å². The highest BCUT2D eigenvalue weighted by atomic mass is 19.1. The smallest absolute Gasteiger partial charge is 0.270 e. The minimum Gasteiger partial charge on any atom is -0.457 e. The molecule has 0 aliphatic carbocycles. The van der Waals surface area contributed by atoms with Crippen molar-refractivity contribution in [2.75, 3.05) is 18.5 Å².